The average molecular weight is 276 g/mol. The van der Waals surface area contributed by atoms with Crippen LogP contribution in [0.5, 0.6) is 11.5 Å². The van der Waals surface area contributed by atoms with Crippen LogP contribution >= 0.6 is 11.3 Å². The van der Waals surface area contributed by atoms with Crippen LogP contribution in [0.1, 0.15) is 19.4 Å². The second kappa shape index (κ2) is 4.74. The maximum absolute atomic E-state index is 5.81. The number of aromatic nitrogens is 1. The van der Waals surface area contributed by atoms with Gasteiger partial charge in [0.25, 0.3) is 0 Å². The van der Waals surface area contributed by atoms with Crippen molar-refractivity contribution in [2.24, 2.45) is 0 Å². The van der Waals surface area contributed by atoms with E-state index < -0.39 is 0 Å². The van der Waals surface area contributed by atoms with Crippen molar-refractivity contribution in [3.05, 3.63) is 23.9 Å². The molecule has 0 spiro atoms. The van der Waals surface area contributed by atoms with Crippen LogP contribution in [0.4, 0.5) is 5.13 Å². The van der Waals surface area contributed by atoms with E-state index in [2.05, 4.69) is 18.0 Å². The summed E-state index contributed by atoms with van der Waals surface area (Å²) >= 11 is 1.46. The molecule has 100 valence electrons. The monoisotopic (exact) mass is 276 g/mol. The number of thiazole rings is 1. The van der Waals surface area contributed by atoms with Crippen molar-refractivity contribution in [1.82, 2.24) is 4.98 Å². The van der Waals surface area contributed by atoms with Crippen molar-refractivity contribution >= 4 is 16.5 Å². The molecule has 0 saturated heterocycles. The lowest BCUT2D eigenvalue weighted by atomic mass is 10.1. The van der Waals surface area contributed by atoms with Gasteiger partial charge in [0, 0.05) is 23.7 Å². The molecule has 0 amide bonds. The van der Waals surface area contributed by atoms with Crippen molar-refractivity contribution < 1.29 is 9.47 Å². The van der Waals surface area contributed by atoms with Crippen LogP contribution in [0.15, 0.2) is 18.3 Å². The first kappa shape index (κ1) is 12.3. The number of anilines is 1. The van der Waals surface area contributed by atoms with E-state index in [4.69, 9.17) is 15.2 Å². The highest BCUT2D eigenvalue weighted by atomic mass is 32.1. The van der Waals surface area contributed by atoms with Crippen LogP contribution in [0.3, 0.4) is 0 Å². The standard InChI is InChI=1S/C14H16N2O2S/c1-3-17-12-5-9-4-8(2)18-11(9)6-10(12)13-7-16-14(15)19-13/h5-8H,3-4H2,1-2H3,(H2,15,16). The minimum absolute atomic E-state index is 0.228. The molecule has 1 atom stereocenters. The Labute approximate surface area is 116 Å². The molecule has 2 heterocycles. The zero-order valence-corrected chi connectivity index (χ0v) is 11.8. The fourth-order valence-corrected chi connectivity index (χ4v) is 3.02. The summed E-state index contributed by atoms with van der Waals surface area (Å²) in [7, 11) is 0. The van der Waals surface area contributed by atoms with E-state index in [0.29, 0.717) is 11.7 Å². The molecule has 1 aliphatic rings. The Morgan fingerprint density at radius 1 is 1.53 bits per heavy atom. The highest BCUT2D eigenvalue weighted by Crippen LogP contribution is 2.42. The minimum atomic E-state index is 0.228. The van der Waals surface area contributed by atoms with Gasteiger partial charge >= 0.3 is 0 Å². The molecule has 2 aromatic rings. The Hall–Kier alpha value is -1.75. The molecular formula is C14H16N2O2S. The normalized spacial score (nSPS) is 17.1. The third-order valence-corrected chi connectivity index (χ3v) is 3.95. The number of rotatable bonds is 3. The lowest BCUT2D eigenvalue weighted by Crippen LogP contribution is -2.05. The molecule has 3 rings (SSSR count). The van der Waals surface area contributed by atoms with Gasteiger partial charge in [-0.25, -0.2) is 4.98 Å². The molecule has 1 aromatic heterocycles. The Kier molecular flexibility index (Phi) is 3.06. The molecule has 0 saturated carbocycles. The molecular weight excluding hydrogens is 260 g/mol. The molecule has 2 N–H and O–H groups in total. The molecule has 5 heteroatoms. The van der Waals surface area contributed by atoms with Crippen molar-refractivity contribution in [1.29, 1.82) is 0 Å². The molecule has 0 aliphatic carbocycles. The van der Waals surface area contributed by atoms with Crippen LogP contribution in [-0.2, 0) is 6.42 Å². The van der Waals surface area contributed by atoms with E-state index in [9.17, 15) is 0 Å². The predicted molar refractivity (Wildman–Crippen MR) is 76.9 cm³/mol. The van der Waals surface area contributed by atoms with Crippen LogP contribution in [0.25, 0.3) is 10.4 Å². The molecule has 1 aromatic carbocycles. The van der Waals surface area contributed by atoms with Gasteiger partial charge in [-0.05, 0) is 26.0 Å². The highest BCUT2D eigenvalue weighted by molar-refractivity contribution is 7.18. The zero-order chi connectivity index (χ0) is 13.4. The fraction of sp³-hybridized carbons (Fsp3) is 0.357. The maximum Gasteiger partial charge on any atom is 0.180 e. The van der Waals surface area contributed by atoms with E-state index in [1.54, 1.807) is 6.20 Å². The number of nitrogen functional groups attached to an aromatic ring is 1. The summed E-state index contributed by atoms with van der Waals surface area (Å²) in [5.74, 6) is 1.82. The molecule has 0 radical (unpaired) electrons. The van der Waals surface area contributed by atoms with Gasteiger partial charge in [-0.2, -0.15) is 0 Å². The summed E-state index contributed by atoms with van der Waals surface area (Å²) in [6.45, 7) is 4.69. The van der Waals surface area contributed by atoms with Gasteiger partial charge in [-0.15, -0.1) is 0 Å². The fourth-order valence-electron chi connectivity index (χ4n) is 2.32. The first-order valence-electron chi connectivity index (χ1n) is 6.35. The number of nitrogens with two attached hydrogens (primary N) is 1. The number of hydrogen-bond donors (Lipinski definition) is 1. The number of ether oxygens (including phenoxy) is 2. The van der Waals surface area contributed by atoms with Crippen LogP contribution < -0.4 is 15.2 Å². The predicted octanol–water partition coefficient (Wildman–Crippen LogP) is 3.11. The van der Waals surface area contributed by atoms with Gasteiger partial charge in [0.2, 0.25) is 0 Å². The topological polar surface area (TPSA) is 57.4 Å². The highest BCUT2D eigenvalue weighted by Gasteiger charge is 2.23. The van der Waals surface area contributed by atoms with E-state index in [1.165, 1.54) is 16.9 Å². The van der Waals surface area contributed by atoms with Gasteiger partial charge in [0.1, 0.15) is 17.6 Å². The van der Waals surface area contributed by atoms with Crippen LogP contribution in [0, 0.1) is 0 Å². The molecule has 0 bridgehead atoms. The first-order chi connectivity index (χ1) is 9.17. The number of benzene rings is 1. The molecule has 4 nitrogen and oxygen atoms in total. The van der Waals surface area contributed by atoms with Crippen molar-refractivity contribution in [3.63, 3.8) is 0 Å². The van der Waals surface area contributed by atoms with E-state index in [0.717, 1.165) is 28.4 Å². The SMILES string of the molecule is CCOc1cc2c(cc1-c1cnc(N)s1)OC(C)C2. The number of fused-ring (bicyclic) bond motifs is 1. The van der Waals surface area contributed by atoms with Gasteiger partial charge in [-0.3, -0.25) is 0 Å². The van der Waals surface area contributed by atoms with Crippen molar-refractivity contribution in [2.75, 3.05) is 12.3 Å². The van der Waals surface area contributed by atoms with Crippen molar-refractivity contribution in [3.8, 4) is 21.9 Å². The third kappa shape index (κ3) is 2.26. The second-order valence-electron chi connectivity index (χ2n) is 4.58. The Balaban J connectivity index is 2.09. The molecule has 1 aliphatic heterocycles. The van der Waals surface area contributed by atoms with Crippen LogP contribution in [-0.4, -0.2) is 17.7 Å². The smallest absolute Gasteiger partial charge is 0.180 e. The van der Waals surface area contributed by atoms with Gasteiger partial charge in [0.15, 0.2) is 5.13 Å². The summed E-state index contributed by atoms with van der Waals surface area (Å²) in [6, 6.07) is 4.12. The van der Waals surface area contributed by atoms with Gasteiger partial charge < -0.3 is 15.2 Å². The Morgan fingerprint density at radius 3 is 3.05 bits per heavy atom. The lowest BCUT2D eigenvalue weighted by molar-refractivity contribution is 0.254. The molecule has 0 fully saturated rings. The quantitative estimate of drug-likeness (QED) is 0.935. The van der Waals surface area contributed by atoms with Crippen LogP contribution in [0.2, 0.25) is 0 Å². The summed E-state index contributed by atoms with van der Waals surface area (Å²) in [6.07, 6.45) is 2.94. The second-order valence-corrected chi connectivity index (χ2v) is 5.65. The van der Waals surface area contributed by atoms with Gasteiger partial charge in [-0.1, -0.05) is 11.3 Å². The maximum atomic E-state index is 5.81. The van der Waals surface area contributed by atoms with E-state index in [1.807, 2.05) is 13.0 Å². The minimum Gasteiger partial charge on any atom is -0.493 e. The molecule has 1 unspecified atom stereocenters. The Bertz CT molecular complexity index is 609. The van der Waals surface area contributed by atoms with E-state index >= 15 is 0 Å². The summed E-state index contributed by atoms with van der Waals surface area (Å²) in [5.41, 5.74) is 7.92. The summed E-state index contributed by atoms with van der Waals surface area (Å²) in [4.78, 5) is 5.11. The summed E-state index contributed by atoms with van der Waals surface area (Å²) < 4.78 is 11.5. The van der Waals surface area contributed by atoms with Crippen molar-refractivity contribution in [2.45, 2.75) is 26.4 Å². The first-order valence-corrected chi connectivity index (χ1v) is 7.17. The van der Waals surface area contributed by atoms with Gasteiger partial charge in [0.05, 0.1) is 11.5 Å². The zero-order valence-electron chi connectivity index (χ0n) is 11.0. The largest absolute Gasteiger partial charge is 0.493 e. The molecule has 19 heavy (non-hydrogen) atoms. The number of nitrogens with zero attached hydrogens (tertiary/aromatic N) is 1. The average Bonchev–Trinajstić information content (AvgIpc) is 2.93. The third-order valence-electron chi connectivity index (χ3n) is 3.09. The summed E-state index contributed by atoms with van der Waals surface area (Å²) in [5, 5.41) is 0.562. The number of hydrogen-bond acceptors (Lipinski definition) is 5. The Morgan fingerprint density at radius 2 is 2.37 bits per heavy atom. The van der Waals surface area contributed by atoms with E-state index in [-0.39, 0.29) is 6.10 Å². The lowest BCUT2D eigenvalue weighted by Gasteiger charge is -2.11.